The number of nitrogens with zero attached hydrogens (tertiary/aromatic N) is 1. The van der Waals surface area contributed by atoms with Gasteiger partial charge in [0.05, 0.1) is 15.6 Å². The predicted octanol–water partition coefficient (Wildman–Crippen LogP) is 3.33. The zero-order valence-electron chi connectivity index (χ0n) is 12.7. The zero-order chi connectivity index (χ0) is 18.0. The lowest BCUT2D eigenvalue weighted by Gasteiger charge is -2.06. The average molecular weight is 380 g/mol. The highest BCUT2D eigenvalue weighted by atomic mass is 35.5. The number of carbonyl (C=O) groups excluding carboxylic acids is 2. The van der Waals surface area contributed by atoms with E-state index in [2.05, 4.69) is 0 Å². The highest BCUT2D eigenvalue weighted by Crippen LogP contribution is 2.22. The monoisotopic (exact) mass is 379 g/mol. The number of fused-ring (bicyclic) bond motifs is 1. The second-order valence-electron chi connectivity index (χ2n) is 5.13. The summed E-state index contributed by atoms with van der Waals surface area (Å²) in [4.78, 5) is 35.8. The third kappa shape index (κ3) is 3.75. The molecule has 8 heteroatoms. The molecule has 0 unspecified atom stereocenters. The highest BCUT2D eigenvalue weighted by molar-refractivity contribution is 6.42. The van der Waals surface area contributed by atoms with Crippen LogP contribution < -0.4 is 5.76 Å². The SMILES string of the molecule is O=C(Cn1c(=O)oc2ccccc21)OCC(=O)c1ccc(Cl)c(Cl)c1. The number of hydrogen-bond donors (Lipinski definition) is 0. The number of hydrogen-bond acceptors (Lipinski definition) is 5. The number of para-hydroxylation sites is 2. The lowest BCUT2D eigenvalue weighted by molar-refractivity contribution is -0.143. The number of halogens is 2. The number of esters is 1. The van der Waals surface area contributed by atoms with Crippen LogP contribution in [-0.2, 0) is 16.1 Å². The molecule has 0 saturated heterocycles. The standard InChI is InChI=1S/C17H11Cl2NO5/c18-11-6-5-10(7-12(11)19)14(21)9-24-16(22)8-20-13-3-1-2-4-15(13)25-17(20)23/h1-7H,8-9H2. The molecular weight excluding hydrogens is 369 g/mol. The summed E-state index contributed by atoms with van der Waals surface area (Å²) < 4.78 is 11.1. The Morgan fingerprint density at radius 2 is 1.84 bits per heavy atom. The van der Waals surface area contributed by atoms with Crippen LogP contribution in [-0.4, -0.2) is 22.9 Å². The van der Waals surface area contributed by atoms with Gasteiger partial charge in [-0.05, 0) is 30.3 Å². The van der Waals surface area contributed by atoms with Crippen molar-refractivity contribution in [2.45, 2.75) is 6.54 Å². The molecule has 0 aliphatic carbocycles. The van der Waals surface area contributed by atoms with Gasteiger partial charge in [0.15, 0.2) is 18.0 Å². The topological polar surface area (TPSA) is 78.5 Å². The Hall–Kier alpha value is -2.57. The highest BCUT2D eigenvalue weighted by Gasteiger charge is 2.15. The first-order valence-electron chi connectivity index (χ1n) is 7.18. The number of aromatic nitrogens is 1. The first kappa shape index (κ1) is 17.3. The summed E-state index contributed by atoms with van der Waals surface area (Å²) in [6, 6.07) is 11.1. The van der Waals surface area contributed by atoms with Crippen molar-refractivity contribution in [2.75, 3.05) is 6.61 Å². The molecule has 2 aromatic carbocycles. The van der Waals surface area contributed by atoms with Crippen LogP contribution >= 0.6 is 23.2 Å². The molecule has 128 valence electrons. The van der Waals surface area contributed by atoms with Crippen LogP contribution in [0.4, 0.5) is 0 Å². The Labute approximate surface area is 151 Å². The minimum atomic E-state index is -0.734. The van der Waals surface area contributed by atoms with Crippen molar-refractivity contribution < 1.29 is 18.7 Å². The molecule has 25 heavy (non-hydrogen) atoms. The lowest BCUT2D eigenvalue weighted by Crippen LogP contribution is -2.23. The third-order valence-electron chi connectivity index (χ3n) is 3.47. The summed E-state index contributed by atoms with van der Waals surface area (Å²) in [5, 5.41) is 0.552. The van der Waals surface area contributed by atoms with E-state index in [1.54, 1.807) is 24.3 Å². The van der Waals surface area contributed by atoms with Gasteiger partial charge in [0, 0.05) is 5.56 Å². The molecular formula is C17H11Cl2NO5. The first-order chi connectivity index (χ1) is 12.0. The predicted molar refractivity (Wildman–Crippen MR) is 92.2 cm³/mol. The molecule has 0 radical (unpaired) electrons. The fraction of sp³-hybridized carbons (Fsp3) is 0.118. The van der Waals surface area contributed by atoms with Crippen LogP contribution in [0.3, 0.4) is 0 Å². The van der Waals surface area contributed by atoms with Gasteiger partial charge in [0.1, 0.15) is 6.54 Å². The van der Waals surface area contributed by atoms with Crippen LogP contribution in [0.1, 0.15) is 10.4 Å². The normalized spacial score (nSPS) is 10.8. The van der Waals surface area contributed by atoms with Gasteiger partial charge in [-0.3, -0.25) is 14.2 Å². The van der Waals surface area contributed by atoms with Crippen molar-refractivity contribution in [2.24, 2.45) is 0 Å². The third-order valence-corrected chi connectivity index (χ3v) is 4.21. The molecule has 3 aromatic rings. The quantitative estimate of drug-likeness (QED) is 0.501. The largest absolute Gasteiger partial charge is 0.456 e. The minimum absolute atomic E-state index is 0.232. The number of Topliss-reactive ketones (excluding diaryl/α,β-unsaturated/α-hetero) is 1. The summed E-state index contributed by atoms with van der Waals surface area (Å²) in [5.41, 5.74) is 1.11. The molecule has 0 aliphatic heterocycles. The second-order valence-corrected chi connectivity index (χ2v) is 5.95. The second kappa shape index (κ2) is 7.13. The lowest BCUT2D eigenvalue weighted by atomic mass is 10.1. The first-order valence-corrected chi connectivity index (χ1v) is 7.93. The van der Waals surface area contributed by atoms with Crippen molar-refractivity contribution in [1.29, 1.82) is 0 Å². The van der Waals surface area contributed by atoms with E-state index in [0.717, 1.165) is 4.57 Å². The number of ether oxygens (including phenoxy) is 1. The maximum Gasteiger partial charge on any atom is 0.420 e. The summed E-state index contributed by atoms with van der Waals surface area (Å²) in [7, 11) is 0. The maximum absolute atomic E-state index is 12.0. The summed E-state index contributed by atoms with van der Waals surface area (Å²) in [6.45, 7) is -0.828. The molecule has 3 rings (SSSR count). The number of benzene rings is 2. The summed E-state index contributed by atoms with van der Waals surface area (Å²) in [5.74, 6) is -1.84. The van der Waals surface area contributed by atoms with Gasteiger partial charge in [-0.1, -0.05) is 35.3 Å². The summed E-state index contributed by atoms with van der Waals surface area (Å²) in [6.07, 6.45) is 0. The molecule has 0 N–H and O–H groups in total. The van der Waals surface area contributed by atoms with Gasteiger partial charge < -0.3 is 9.15 Å². The minimum Gasteiger partial charge on any atom is -0.456 e. The van der Waals surface area contributed by atoms with Crippen LogP contribution in [0.2, 0.25) is 10.0 Å². The Kier molecular flexibility index (Phi) is 4.92. The van der Waals surface area contributed by atoms with Gasteiger partial charge in [0.2, 0.25) is 0 Å². The van der Waals surface area contributed by atoms with E-state index < -0.39 is 24.1 Å². The van der Waals surface area contributed by atoms with Crippen molar-refractivity contribution in [3.8, 4) is 0 Å². The van der Waals surface area contributed by atoms with Gasteiger partial charge in [0.25, 0.3) is 0 Å². The molecule has 0 amide bonds. The maximum atomic E-state index is 12.0. The van der Waals surface area contributed by atoms with E-state index in [1.165, 1.54) is 18.2 Å². The van der Waals surface area contributed by atoms with Crippen LogP contribution in [0.15, 0.2) is 51.7 Å². The van der Waals surface area contributed by atoms with Gasteiger partial charge in [-0.25, -0.2) is 4.79 Å². The van der Waals surface area contributed by atoms with Crippen molar-refractivity contribution >= 4 is 46.1 Å². The van der Waals surface area contributed by atoms with Crippen molar-refractivity contribution in [3.05, 3.63) is 68.6 Å². The molecule has 1 aromatic heterocycles. The smallest absolute Gasteiger partial charge is 0.420 e. The Balaban J connectivity index is 1.66. The van der Waals surface area contributed by atoms with E-state index in [1.807, 2.05) is 0 Å². The molecule has 0 aliphatic rings. The van der Waals surface area contributed by atoms with E-state index in [4.69, 9.17) is 32.4 Å². The Bertz CT molecular complexity index is 1020. The molecule has 0 spiro atoms. The van der Waals surface area contributed by atoms with Crippen molar-refractivity contribution in [1.82, 2.24) is 4.57 Å². The van der Waals surface area contributed by atoms with Crippen LogP contribution in [0, 0.1) is 0 Å². The van der Waals surface area contributed by atoms with E-state index in [9.17, 15) is 14.4 Å². The average Bonchev–Trinajstić information content (AvgIpc) is 2.91. The fourth-order valence-electron chi connectivity index (χ4n) is 2.24. The van der Waals surface area contributed by atoms with Gasteiger partial charge in [-0.15, -0.1) is 0 Å². The molecule has 0 bridgehead atoms. The molecule has 1 heterocycles. The molecule has 0 fully saturated rings. The number of oxazole rings is 1. The Morgan fingerprint density at radius 1 is 1.08 bits per heavy atom. The summed E-state index contributed by atoms with van der Waals surface area (Å²) >= 11 is 11.6. The van der Waals surface area contributed by atoms with Crippen LogP contribution in [0.5, 0.6) is 0 Å². The number of rotatable bonds is 5. The van der Waals surface area contributed by atoms with Crippen LogP contribution in [0.25, 0.3) is 11.1 Å². The molecule has 0 saturated carbocycles. The van der Waals surface area contributed by atoms with E-state index in [-0.39, 0.29) is 17.1 Å². The fourth-order valence-corrected chi connectivity index (χ4v) is 2.54. The van der Waals surface area contributed by atoms with Gasteiger partial charge >= 0.3 is 11.7 Å². The molecule has 0 atom stereocenters. The number of carbonyl (C=O) groups is 2. The Morgan fingerprint density at radius 3 is 2.60 bits per heavy atom. The number of ketones is 1. The van der Waals surface area contributed by atoms with E-state index >= 15 is 0 Å². The van der Waals surface area contributed by atoms with E-state index in [0.29, 0.717) is 16.1 Å². The zero-order valence-corrected chi connectivity index (χ0v) is 14.2. The van der Waals surface area contributed by atoms with Crippen molar-refractivity contribution in [3.63, 3.8) is 0 Å². The molecule has 6 nitrogen and oxygen atoms in total. The van der Waals surface area contributed by atoms with Gasteiger partial charge in [-0.2, -0.15) is 0 Å².